The van der Waals surface area contributed by atoms with Crippen molar-refractivity contribution in [2.75, 3.05) is 19.6 Å². The number of nitrogens with zero attached hydrogens (tertiary/aromatic N) is 4. The maximum atomic E-state index is 13.2. The molecular weight excluding hydrogens is 348 g/mol. The zero-order valence-corrected chi connectivity index (χ0v) is 16.3. The van der Waals surface area contributed by atoms with Crippen molar-refractivity contribution in [3.63, 3.8) is 0 Å². The van der Waals surface area contributed by atoms with Gasteiger partial charge < -0.3 is 4.90 Å². The quantitative estimate of drug-likeness (QED) is 0.822. The molecular formula is C23H28N4O. The van der Waals surface area contributed by atoms with E-state index in [1.165, 1.54) is 18.4 Å². The maximum absolute atomic E-state index is 13.2. The van der Waals surface area contributed by atoms with Crippen molar-refractivity contribution in [1.29, 1.82) is 0 Å². The maximum Gasteiger partial charge on any atom is 0.230 e. The second-order valence-corrected chi connectivity index (χ2v) is 8.81. The summed E-state index contributed by atoms with van der Waals surface area (Å²) in [5.41, 5.74) is 1.45. The SMILES string of the molecule is O=C1[C@H](c2ccccc2)CC2(CCN(Cc3ncccn3)CC2)CN1C1CC1. The molecule has 1 spiro atoms. The zero-order chi connectivity index (χ0) is 19.0. The van der Waals surface area contributed by atoms with Gasteiger partial charge in [0.1, 0.15) is 5.82 Å². The minimum atomic E-state index is 0.0274. The Bertz CT molecular complexity index is 813. The molecule has 2 aliphatic heterocycles. The normalized spacial score (nSPS) is 25.2. The molecule has 146 valence electrons. The molecule has 1 aromatic heterocycles. The third kappa shape index (κ3) is 3.55. The molecule has 0 radical (unpaired) electrons. The van der Waals surface area contributed by atoms with Crippen LogP contribution in [0.2, 0.25) is 0 Å². The number of hydrogen-bond donors (Lipinski definition) is 0. The summed E-state index contributed by atoms with van der Waals surface area (Å²) < 4.78 is 0. The predicted molar refractivity (Wildman–Crippen MR) is 108 cm³/mol. The number of hydrogen-bond acceptors (Lipinski definition) is 4. The third-order valence-electron chi connectivity index (χ3n) is 6.81. The molecule has 1 saturated carbocycles. The molecule has 3 fully saturated rings. The molecule has 2 aromatic rings. The molecule has 28 heavy (non-hydrogen) atoms. The minimum absolute atomic E-state index is 0.0274. The summed E-state index contributed by atoms with van der Waals surface area (Å²) in [4.78, 5) is 26.7. The molecule has 5 heteroatoms. The fraction of sp³-hybridized carbons (Fsp3) is 0.522. The number of amides is 1. The van der Waals surface area contributed by atoms with Gasteiger partial charge in [0.05, 0.1) is 12.5 Å². The van der Waals surface area contributed by atoms with Gasteiger partial charge in [-0.25, -0.2) is 9.97 Å². The van der Waals surface area contributed by atoms with Crippen LogP contribution in [0.5, 0.6) is 0 Å². The summed E-state index contributed by atoms with van der Waals surface area (Å²) >= 11 is 0. The van der Waals surface area contributed by atoms with E-state index in [0.29, 0.717) is 11.9 Å². The summed E-state index contributed by atoms with van der Waals surface area (Å²) in [6.45, 7) is 3.90. The fourth-order valence-electron chi connectivity index (χ4n) is 5.02. The molecule has 3 aliphatic rings. The summed E-state index contributed by atoms with van der Waals surface area (Å²) in [6.07, 6.45) is 9.30. The van der Waals surface area contributed by atoms with E-state index in [0.717, 1.165) is 51.3 Å². The van der Waals surface area contributed by atoms with Gasteiger partial charge in [-0.1, -0.05) is 30.3 Å². The van der Waals surface area contributed by atoms with E-state index in [4.69, 9.17) is 0 Å². The third-order valence-corrected chi connectivity index (χ3v) is 6.81. The number of aromatic nitrogens is 2. The number of rotatable bonds is 4. The van der Waals surface area contributed by atoms with Crippen LogP contribution in [-0.4, -0.2) is 51.4 Å². The predicted octanol–water partition coefficient (Wildman–Crippen LogP) is 3.24. The average Bonchev–Trinajstić information content (AvgIpc) is 3.58. The highest BCUT2D eigenvalue weighted by atomic mass is 16.2. The van der Waals surface area contributed by atoms with E-state index >= 15 is 0 Å². The first-order valence-corrected chi connectivity index (χ1v) is 10.6. The van der Waals surface area contributed by atoms with Crippen LogP contribution in [0.3, 0.4) is 0 Å². The van der Waals surface area contributed by atoms with E-state index in [1.807, 2.05) is 24.5 Å². The number of likely N-dealkylation sites (tertiary alicyclic amines) is 2. The number of carbonyl (C=O) groups is 1. The Morgan fingerprint density at radius 2 is 1.71 bits per heavy atom. The lowest BCUT2D eigenvalue weighted by Gasteiger charge is -2.50. The molecule has 2 saturated heterocycles. The lowest BCUT2D eigenvalue weighted by atomic mass is 9.67. The number of benzene rings is 1. The first kappa shape index (κ1) is 17.8. The van der Waals surface area contributed by atoms with E-state index in [9.17, 15) is 4.79 Å². The summed E-state index contributed by atoms with van der Waals surface area (Å²) in [5.74, 6) is 1.29. The second-order valence-electron chi connectivity index (χ2n) is 8.81. The fourth-order valence-corrected chi connectivity index (χ4v) is 5.02. The average molecular weight is 377 g/mol. The van der Waals surface area contributed by atoms with Crippen LogP contribution in [0.15, 0.2) is 48.8 Å². The molecule has 0 N–H and O–H groups in total. The van der Waals surface area contributed by atoms with Gasteiger partial charge >= 0.3 is 0 Å². The van der Waals surface area contributed by atoms with Gasteiger partial charge in [0.2, 0.25) is 5.91 Å². The van der Waals surface area contributed by atoms with E-state index in [2.05, 4.69) is 44.0 Å². The smallest absolute Gasteiger partial charge is 0.230 e. The van der Waals surface area contributed by atoms with Crippen LogP contribution in [-0.2, 0) is 11.3 Å². The Balaban J connectivity index is 1.32. The highest BCUT2D eigenvalue weighted by molar-refractivity contribution is 5.85. The van der Waals surface area contributed by atoms with Crippen LogP contribution in [0.25, 0.3) is 0 Å². The number of carbonyl (C=O) groups excluding carboxylic acids is 1. The van der Waals surface area contributed by atoms with Crippen LogP contribution in [0.4, 0.5) is 0 Å². The largest absolute Gasteiger partial charge is 0.339 e. The van der Waals surface area contributed by atoms with E-state index < -0.39 is 0 Å². The van der Waals surface area contributed by atoms with Crippen LogP contribution >= 0.6 is 0 Å². The van der Waals surface area contributed by atoms with Crippen molar-refractivity contribution in [3.8, 4) is 0 Å². The molecule has 1 atom stereocenters. The van der Waals surface area contributed by atoms with Crippen molar-refractivity contribution in [3.05, 3.63) is 60.2 Å². The highest BCUT2D eigenvalue weighted by Gasteiger charge is 2.49. The highest BCUT2D eigenvalue weighted by Crippen LogP contribution is 2.48. The summed E-state index contributed by atoms with van der Waals surface area (Å²) in [5, 5.41) is 0. The second kappa shape index (κ2) is 7.28. The Kier molecular flexibility index (Phi) is 4.63. The standard InChI is InChI=1S/C23H28N4O/c28-22-20(18-5-2-1-3-6-18)15-23(17-27(22)19-7-8-19)9-13-26(14-10-23)16-21-24-11-4-12-25-21/h1-6,11-12,19-20H,7-10,13-17H2/t20-/m0/s1. The van der Waals surface area contributed by atoms with Crippen LogP contribution in [0.1, 0.15) is 49.4 Å². The Morgan fingerprint density at radius 3 is 2.39 bits per heavy atom. The molecule has 5 rings (SSSR count). The minimum Gasteiger partial charge on any atom is -0.339 e. The Hall–Kier alpha value is -2.27. The lowest BCUT2D eigenvalue weighted by Crippen LogP contribution is -2.54. The van der Waals surface area contributed by atoms with Gasteiger partial charge in [-0.2, -0.15) is 0 Å². The molecule has 0 unspecified atom stereocenters. The van der Waals surface area contributed by atoms with E-state index in [-0.39, 0.29) is 11.3 Å². The van der Waals surface area contributed by atoms with Gasteiger partial charge in [0.15, 0.2) is 0 Å². The topological polar surface area (TPSA) is 49.3 Å². The zero-order valence-electron chi connectivity index (χ0n) is 16.3. The van der Waals surface area contributed by atoms with Crippen molar-refractivity contribution < 1.29 is 4.79 Å². The van der Waals surface area contributed by atoms with Gasteiger partial charge in [-0.3, -0.25) is 9.69 Å². The summed E-state index contributed by atoms with van der Waals surface area (Å²) in [6, 6.07) is 12.8. The van der Waals surface area contributed by atoms with Crippen molar-refractivity contribution in [2.24, 2.45) is 5.41 Å². The Morgan fingerprint density at radius 1 is 1.00 bits per heavy atom. The van der Waals surface area contributed by atoms with Gasteiger partial charge in [0.25, 0.3) is 0 Å². The van der Waals surface area contributed by atoms with Crippen LogP contribution in [0, 0.1) is 5.41 Å². The van der Waals surface area contributed by atoms with Gasteiger partial charge in [0, 0.05) is 25.0 Å². The van der Waals surface area contributed by atoms with Gasteiger partial charge in [-0.15, -0.1) is 0 Å². The van der Waals surface area contributed by atoms with E-state index in [1.54, 1.807) is 0 Å². The molecule has 1 aliphatic carbocycles. The van der Waals surface area contributed by atoms with Crippen molar-refractivity contribution in [2.45, 2.75) is 50.6 Å². The molecule has 1 amide bonds. The molecule has 5 nitrogen and oxygen atoms in total. The number of piperidine rings is 2. The van der Waals surface area contributed by atoms with Crippen molar-refractivity contribution in [1.82, 2.24) is 19.8 Å². The first-order valence-electron chi connectivity index (χ1n) is 10.6. The molecule has 3 heterocycles. The Labute approximate surface area is 166 Å². The van der Waals surface area contributed by atoms with Crippen molar-refractivity contribution >= 4 is 5.91 Å². The molecule has 0 bridgehead atoms. The lowest BCUT2D eigenvalue weighted by molar-refractivity contribution is -0.142. The monoisotopic (exact) mass is 376 g/mol. The first-order chi connectivity index (χ1) is 13.7. The summed E-state index contributed by atoms with van der Waals surface area (Å²) in [7, 11) is 0. The van der Waals surface area contributed by atoms with Crippen LogP contribution < -0.4 is 0 Å². The van der Waals surface area contributed by atoms with Gasteiger partial charge in [-0.05, 0) is 62.2 Å². The molecule has 1 aromatic carbocycles.